The third kappa shape index (κ3) is 5.14. The summed E-state index contributed by atoms with van der Waals surface area (Å²) < 4.78 is 27.8. The van der Waals surface area contributed by atoms with Crippen LogP contribution < -0.4 is 10.2 Å². The molecule has 0 fully saturated rings. The monoisotopic (exact) mass is 299 g/mol. The molecule has 0 amide bonds. The first kappa shape index (κ1) is 17.7. The zero-order valence-electron chi connectivity index (χ0n) is 13.5. The maximum Gasteiger partial charge on any atom is 0.168 e. The van der Waals surface area contributed by atoms with Crippen molar-refractivity contribution < 1.29 is 8.78 Å². The van der Waals surface area contributed by atoms with Gasteiger partial charge in [-0.3, -0.25) is 0 Å². The molecule has 1 N–H and O–H groups in total. The van der Waals surface area contributed by atoms with E-state index in [4.69, 9.17) is 0 Å². The summed E-state index contributed by atoms with van der Waals surface area (Å²) >= 11 is 0. The second kappa shape index (κ2) is 8.80. The maximum atomic E-state index is 14.1. The first-order chi connectivity index (χ1) is 10.0. The first-order valence-electron chi connectivity index (χ1n) is 7.87. The second-order valence-electron chi connectivity index (χ2n) is 5.55. The Labute approximate surface area is 126 Å². The van der Waals surface area contributed by atoms with Crippen molar-refractivity contribution in [1.29, 1.82) is 0 Å². The van der Waals surface area contributed by atoms with Crippen LogP contribution in [0.4, 0.5) is 20.4 Å². The third-order valence-electron chi connectivity index (χ3n) is 3.35. The van der Waals surface area contributed by atoms with Crippen molar-refractivity contribution in [1.82, 2.24) is 4.98 Å². The van der Waals surface area contributed by atoms with Crippen LogP contribution in [0.2, 0.25) is 0 Å². The van der Waals surface area contributed by atoms with Crippen LogP contribution in [-0.2, 0) is 0 Å². The standard InChI is InChI=1S/C16H27F2N3/c1-5-7-8-10-21(12(3)4)16-14(18)11-13(17)15(20-16)19-9-6-2/h11-12H,5-10H2,1-4H3,(H,19,20). The molecule has 1 rings (SSSR count). The molecule has 0 atom stereocenters. The summed E-state index contributed by atoms with van der Waals surface area (Å²) in [5.41, 5.74) is 0. The summed E-state index contributed by atoms with van der Waals surface area (Å²) in [5.74, 6) is -0.864. The van der Waals surface area contributed by atoms with E-state index in [1.807, 2.05) is 25.7 Å². The zero-order valence-corrected chi connectivity index (χ0v) is 13.5. The Morgan fingerprint density at radius 3 is 2.43 bits per heavy atom. The Hall–Kier alpha value is -1.39. The van der Waals surface area contributed by atoms with E-state index in [1.54, 1.807) is 0 Å². The van der Waals surface area contributed by atoms with E-state index in [2.05, 4.69) is 17.2 Å². The van der Waals surface area contributed by atoms with Gasteiger partial charge < -0.3 is 10.2 Å². The summed E-state index contributed by atoms with van der Waals surface area (Å²) in [6.45, 7) is 9.45. The van der Waals surface area contributed by atoms with Crippen LogP contribution in [-0.4, -0.2) is 24.1 Å². The molecule has 1 aromatic rings. The fraction of sp³-hybridized carbons (Fsp3) is 0.688. The molecule has 0 aliphatic carbocycles. The average Bonchev–Trinajstić information content (AvgIpc) is 2.43. The third-order valence-corrected chi connectivity index (χ3v) is 3.35. The smallest absolute Gasteiger partial charge is 0.168 e. The van der Waals surface area contributed by atoms with E-state index < -0.39 is 11.6 Å². The molecule has 3 nitrogen and oxygen atoms in total. The van der Waals surface area contributed by atoms with Gasteiger partial charge >= 0.3 is 0 Å². The van der Waals surface area contributed by atoms with Crippen molar-refractivity contribution in [3.05, 3.63) is 17.7 Å². The van der Waals surface area contributed by atoms with Crippen molar-refractivity contribution >= 4 is 11.6 Å². The lowest BCUT2D eigenvalue weighted by molar-refractivity contribution is 0.552. The molecular formula is C16H27F2N3. The Bertz CT molecular complexity index is 436. The number of aromatic nitrogens is 1. The number of anilines is 2. The van der Waals surface area contributed by atoms with Gasteiger partial charge in [-0.2, -0.15) is 0 Å². The highest BCUT2D eigenvalue weighted by Crippen LogP contribution is 2.24. The molecule has 1 aromatic heterocycles. The number of hydrogen-bond acceptors (Lipinski definition) is 3. The predicted octanol–water partition coefficient (Wildman–Crippen LogP) is 4.59. The van der Waals surface area contributed by atoms with Gasteiger partial charge in [-0.15, -0.1) is 0 Å². The fourth-order valence-electron chi connectivity index (χ4n) is 2.17. The van der Waals surface area contributed by atoms with Gasteiger partial charge in [-0.25, -0.2) is 13.8 Å². The van der Waals surface area contributed by atoms with Crippen LogP contribution in [0.25, 0.3) is 0 Å². The molecule has 0 spiro atoms. The van der Waals surface area contributed by atoms with Crippen LogP contribution in [0, 0.1) is 11.6 Å². The Morgan fingerprint density at radius 1 is 1.14 bits per heavy atom. The van der Waals surface area contributed by atoms with Gasteiger partial charge in [0.1, 0.15) is 0 Å². The Kier molecular flexibility index (Phi) is 7.40. The van der Waals surface area contributed by atoms with Crippen LogP contribution in [0.5, 0.6) is 0 Å². The second-order valence-corrected chi connectivity index (χ2v) is 5.55. The molecule has 0 saturated heterocycles. The van der Waals surface area contributed by atoms with Crippen molar-refractivity contribution in [2.75, 3.05) is 23.3 Å². The zero-order chi connectivity index (χ0) is 15.8. The number of nitrogens with one attached hydrogen (secondary N) is 1. The summed E-state index contributed by atoms with van der Waals surface area (Å²) in [6, 6.07) is 1.04. The number of nitrogens with zero attached hydrogens (tertiary/aromatic N) is 2. The highest BCUT2D eigenvalue weighted by Gasteiger charge is 2.19. The molecule has 0 saturated carbocycles. The topological polar surface area (TPSA) is 28.2 Å². The van der Waals surface area contributed by atoms with Gasteiger partial charge in [0.05, 0.1) is 0 Å². The molecule has 21 heavy (non-hydrogen) atoms. The molecular weight excluding hydrogens is 272 g/mol. The minimum atomic E-state index is -0.637. The highest BCUT2D eigenvalue weighted by atomic mass is 19.1. The normalized spacial score (nSPS) is 11.0. The van der Waals surface area contributed by atoms with Crippen LogP contribution in [0.1, 0.15) is 53.4 Å². The molecule has 5 heteroatoms. The molecule has 0 radical (unpaired) electrons. The van der Waals surface area contributed by atoms with Crippen molar-refractivity contribution in [3.8, 4) is 0 Å². The van der Waals surface area contributed by atoms with Gasteiger partial charge in [0.2, 0.25) is 0 Å². The van der Waals surface area contributed by atoms with Crippen molar-refractivity contribution in [3.63, 3.8) is 0 Å². The van der Waals surface area contributed by atoms with E-state index in [1.165, 1.54) is 0 Å². The largest absolute Gasteiger partial charge is 0.368 e. The minimum Gasteiger partial charge on any atom is -0.368 e. The average molecular weight is 299 g/mol. The van der Waals surface area contributed by atoms with E-state index in [-0.39, 0.29) is 17.7 Å². The number of unbranched alkanes of at least 4 members (excludes halogenated alkanes) is 2. The van der Waals surface area contributed by atoms with E-state index in [0.29, 0.717) is 6.54 Å². The highest BCUT2D eigenvalue weighted by molar-refractivity contribution is 5.49. The molecule has 1 heterocycles. The number of pyridine rings is 1. The first-order valence-corrected chi connectivity index (χ1v) is 7.87. The summed E-state index contributed by atoms with van der Waals surface area (Å²) in [4.78, 5) is 6.08. The van der Waals surface area contributed by atoms with Crippen molar-refractivity contribution in [2.45, 2.75) is 59.4 Å². The molecule has 0 unspecified atom stereocenters. The van der Waals surface area contributed by atoms with Gasteiger partial charge in [0.25, 0.3) is 0 Å². The lowest BCUT2D eigenvalue weighted by atomic mass is 10.2. The van der Waals surface area contributed by atoms with Gasteiger partial charge in [-0.1, -0.05) is 26.7 Å². The van der Waals surface area contributed by atoms with E-state index in [9.17, 15) is 8.78 Å². The van der Waals surface area contributed by atoms with Gasteiger partial charge in [-0.05, 0) is 26.7 Å². The van der Waals surface area contributed by atoms with Gasteiger partial charge in [0.15, 0.2) is 23.3 Å². The summed E-state index contributed by atoms with van der Waals surface area (Å²) in [6.07, 6.45) is 4.03. The molecule has 120 valence electrons. The molecule has 0 aromatic carbocycles. The molecule has 0 aliphatic heterocycles. The van der Waals surface area contributed by atoms with Crippen LogP contribution in [0.3, 0.4) is 0 Å². The van der Waals surface area contributed by atoms with Crippen LogP contribution in [0.15, 0.2) is 6.07 Å². The molecule has 0 bridgehead atoms. The fourth-order valence-corrected chi connectivity index (χ4v) is 2.17. The number of halogens is 2. The molecule has 0 aliphatic rings. The summed E-state index contributed by atoms with van der Waals surface area (Å²) in [7, 11) is 0. The summed E-state index contributed by atoms with van der Waals surface area (Å²) in [5, 5.41) is 2.91. The van der Waals surface area contributed by atoms with Crippen LogP contribution >= 0.6 is 0 Å². The Balaban J connectivity index is 3.00. The van der Waals surface area contributed by atoms with E-state index in [0.717, 1.165) is 38.3 Å². The number of hydrogen-bond donors (Lipinski definition) is 1. The quantitative estimate of drug-likeness (QED) is 0.676. The Morgan fingerprint density at radius 2 is 1.86 bits per heavy atom. The minimum absolute atomic E-state index is 0.119. The predicted molar refractivity (Wildman–Crippen MR) is 84.9 cm³/mol. The van der Waals surface area contributed by atoms with Crippen molar-refractivity contribution in [2.24, 2.45) is 0 Å². The van der Waals surface area contributed by atoms with E-state index >= 15 is 0 Å². The lowest BCUT2D eigenvalue weighted by Gasteiger charge is -2.28. The van der Waals surface area contributed by atoms with Gasteiger partial charge in [0, 0.05) is 25.2 Å². The lowest BCUT2D eigenvalue weighted by Crippen LogP contribution is -2.33. The SMILES string of the molecule is CCCCCN(c1nc(NCCC)c(F)cc1F)C(C)C. The maximum absolute atomic E-state index is 14.1. The number of rotatable bonds is 9.